The lowest BCUT2D eigenvalue weighted by molar-refractivity contribution is 0.206. The first kappa shape index (κ1) is 18.4. The normalized spacial score (nSPS) is 11.2. The van der Waals surface area contributed by atoms with Crippen LogP contribution < -0.4 is 0 Å². The van der Waals surface area contributed by atoms with Crippen molar-refractivity contribution in [2.45, 2.75) is 52.4 Å². The molecule has 0 spiro atoms. The van der Waals surface area contributed by atoms with Crippen LogP contribution >= 0.6 is 7.82 Å². The molecule has 0 fully saturated rings. The highest BCUT2D eigenvalue weighted by molar-refractivity contribution is 7.45. The maximum Gasteiger partial charge on any atom is 0.466 e. The third kappa shape index (κ3) is 23.7. The average molecular weight is 256 g/mol. The Morgan fingerprint density at radius 2 is 1.31 bits per heavy atom. The molecule has 0 bridgehead atoms. The minimum absolute atomic E-state index is 0.389. The summed E-state index contributed by atoms with van der Waals surface area (Å²) in [6.07, 6.45) is 7.48. The molecular weight excluding hydrogens is 231 g/mol. The lowest BCUT2D eigenvalue weighted by atomic mass is 9.97. The third-order valence-electron chi connectivity index (χ3n) is 2.19. The van der Waals surface area contributed by atoms with Crippen molar-refractivity contribution in [3.63, 3.8) is 0 Å². The van der Waals surface area contributed by atoms with E-state index in [9.17, 15) is 0 Å². The fraction of sp³-hybridized carbons (Fsp3) is 1.00. The zero-order valence-electron chi connectivity index (χ0n) is 10.2. The second-order valence-corrected chi connectivity index (χ2v) is 4.87. The first-order valence-corrected chi connectivity index (χ1v) is 7.30. The molecule has 0 aromatic heterocycles. The Morgan fingerprint density at radius 3 is 1.50 bits per heavy atom. The number of aliphatic hydroxyl groups excluding tert-OH is 1. The van der Waals surface area contributed by atoms with E-state index in [0.29, 0.717) is 12.5 Å². The summed E-state index contributed by atoms with van der Waals surface area (Å²) >= 11 is 0. The minimum Gasteiger partial charge on any atom is -0.396 e. The number of unbranched alkanes of at least 4 members (excludes halogenated alkanes) is 2. The van der Waals surface area contributed by atoms with Crippen LogP contribution in [-0.4, -0.2) is 26.4 Å². The van der Waals surface area contributed by atoms with Crippen molar-refractivity contribution in [1.29, 1.82) is 0 Å². The van der Waals surface area contributed by atoms with Crippen molar-refractivity contribution in [3.8, 4) is 0 Å². The first-order chi connectivity index (χ1) is 7.35. The Bertz CT molecular complexity index is 164. The summed E-state index contributed by atoms with van der Waals surface area (Å²) in [6, 6.07) is 0. The molecule has 6 heteroatoms. The Morgan fingerprint density at radius 1 is 1.00 bits per heavy atom. The summed E-state index contributed by atoms with van der Waals surface area (Å²) in [5, 5.41) is 8.98. The Kier molecular flexibility index (Phi) is 13.3. The van der Waals surface area contributed by atoms with Gasteiger partial charge in [-0.25, -0.2) is 4.57 Å². The van der Waals surface area contributed by atoms with Crippen LogP contribution in [0.15, 0.2) is 0 Å². The molecule has 0 aromatic carbocycles. The topological polar surface area (TPSA) is 98.0 Å². The van der Waals surface area contributed by atoms with Gasteiger partial charge in [-0.2, -0.15) is 0 Å². The van der Waals surface area contributed by atoms with Gasteiger partial charge in [0.15, 0.2) is 0 Å². The highest BCUT2D eigenvalue weighted by Gasteiger charge is 2.04. The molecule has 0 heterocycles. The molecule has 4 N–H and O–H groups in total. The van der Waals surface area contributed by atoms with Crippen molar-refractivity contribution in [2.75, 3.05) is 6.61 Å². The van der Waals surface area contributed by atoms with Gasteiger partial charge in [0.25, 0.3) is 0 Å². The predicted octanol–water partition coefficient (Wildman–Crippen LogP) is 2.05. The SMILES string of the molecule is CCCCC(CO)CCCC.O=P(O)(O)O. The third-order valence-corrected chi connectivity index (χ3v) is 2.19. The van der Waals surface area contributed by atoms with E-state index in [1.54, 1.807) is 0 Å². The van der Waals surface area contributed by atoms with Gasteiger partial charge in [-0.3, -0.25) is 0 Å². The summed E-state index contributed by atoms with van der Waals surface area (Å²) < 4.78 is 8.88. The number of hydrogen-bond donors (Lipinski definition) is 4. The lowest BCUT2D eigenvalue weighted by Gasteiger charge is -2.11. The number of rotatable bonds is 7. The maximum absolute atomic E-state index is 8.98. The molecule has 0 rings (SSSR count). The minimum atomic E-state index is -4.64. The Hall–Kier alpha value is 0.0700. The zero-order chi connectivity index (χ0) is 13.0. The van der Waals surface area contributed by atoms with Crippen LogP contribution in [0.4, 0.5) is 0 Å². The van der Waals surface area contributed by atoms with E-state index in [1.165, 1.54) is 38.5 Å². The summed E-state index contributed by atoms with van der Waals surface area (Å²) in [7, 11) is -4.64. The Labute approximate surface area is 97.8 Å². The largest absolute Gasteiger partial charge is 0.466 e. The van der Waals surface area contributed by atoms with E-state index in [2.05, 4.69) is 13.8 Å². The van der Waals surface area contributed by atoms with Gasteiger partial charge in [0.2, 0.25) is 0 Å². The molecule has 0 saturated carbocycles. The van der Waals surface area contributed by atoms with Crippen molar-refractivity contribution in [1.82, 2.24) is 0 Å². The van der Waals surface area contributed by atoms with E-state index in [4.69, 9.17) is 24.4 Å². The highest BCUT2D eigenvalue weighted by atomic mass is 31.2. The molecule has 16 heavy (non-hydrogen) atoms. The van der Waals surface area contributed by atoms with E-state index < -0.39 is 7.82 Å². The molecule has 0 aliphatic carbocycles. The van der Waals surface area contributed by atoms with Crippen LogP contribution in [0, 0.1) is 5.92 Å². The van der Waals surface area contributed by atoms with Crippen LogP contribution in [0.25, 0.3) is 0 Å². The molecule has 0 unspecified atom stereocenters. The average Bonchev–Trinajstić information content (AvgIpc) is 2.16. The van der Waals surface area contributed by atoms with Gasteiger partial charge in [0.05, 0.1) is 0 Å². The second kappa shape index (κ2) is 11.6. The van der Waals surface area contributed by atoms with Crippen LogP contribution in [0.1, 0.15) is 52.4 Å². The zero-order valence-corrected chi connectivity index (χ0v) is 11.1. The molecule has 0 aliphatic heterocycles. The van der Waals surface area contributed by atoms with Crippen molar-refractivity contribution < 1.29 is 24.4 Å². The van der Waals surface area contributed by atoms with Crippen molar-refractivity contribution in [2.24, 2.45) is 5.92 Å². The van der Waals surface area contributed by atoms with Gasteiger partial charge in [-0.1, -0.05) is 39.5 Å². The molecule has 100 valence electrons. The molecule has 5 nitrogen and oxygen atoms in total. The molecule has 0 atom stereocenters. The predicted molar refractivity (Wildman–Crippen MR) is 63.9 cm³/mol. The monoisotopic (exact) mass is 256 g/mol. The standard InChI is InChI=1S/C10H22O.H3O4P/c1-3-5-7-10(9-11)8-6-4-2;1-5(2,3)4/h10-11H,3-9H2,1-2H3;(H3,1,2,3,4). The van der Waals surface area contributed by atoms with E-state index in [1.807, 2.05) is 0 Å². The molecule has 0 aromatic rings. The van der Waals surface area contributed by atoms with E-state index in [0.717, 1.165) is 0 Å². The van der Waals surface area contributed by atoms with Crippen LogP contribution in [0.2, 0.25) is 0 Å². The van der Waals surface area contributed by atoms with E-state index in [-0.39, 0.29) is 0 Å². The fourth-order valence-electron chi connectivity index (χ4n) is 1.31. The summed E-state index contributed by atoms with van der Waals surface area (Å²) in [6.45, 7) is 4.79. The van der Waals surface area contributed by atoms with Gasteiger partial charge in [-0.05, 0) is 18.8 Å². The molecule has 0 amide bonds. The van der Waals surface area contributed by atoms with Gasteiger partial charge in [0, 0.05) is 6.61 Å². The van der Waals surface area contributed by atoms with Crippen LogP contribution in [0.5, 0.6) is 0 Å². The van der Waals surface area contributed by atoms with Crippen molar-refractivity contribution >= 4 is 7.82 Å². The summed E-state index contributed by atoms with van der Waals surface area (Å²) in [5.41, 5.74) is 0. The molecule has 0 radical (unpaired) electrons. The molecular formula is C10H25O5P. The second-order valence-electron chi connectivity index (χ2n) is 3.85. The maximum atomic E-state index is 8.98. The quantitative estimate of drug-likeness (QED) is 0.522. The van der Waals surface area contributed by atoms with Crippen LogP contribution in [0.3, 0.4) is 0 Å². The lowest BCUT2D eigenvalue weighted by Crippen LogP contribution is -2.05. The summed E-state index contributed by atoms with van der Waals surface area (Å²) in [4.78, 5) is 21.6. The smallest absolute Gasteiger partial charge is 0.396 e. The Balaban J connectivity index is 0. The fourth-order valence-corrected chi connectivity index (χ4v) is 1.31. The van der Waals surface area contributed by atoms with Gasteiger partial charge < -0.3 is 19.8 Å². The summed E-state index contributed by atoms with van der Waals surface area (Å²) in [5.74, 6) is 0.579. The highest BCUT2D eigenvalue weighted by Crippen LogP contribution is 2.25. The van der Waals surface area contributed by atoms with Gasteiger partial charge >= 0.3 is 7.82 Å². The van der Waals surface area contributed by atoms with Gasteiger partial charge in [0.1, 0.15) is 0 Å². The first-order valence-electron chi connectivity index (χ1n) is 5.74. The number of phosphoric acid groups is 1. The number of hydrogen-bond acceptors (Lipinski definition) is 2. The van der Waals surface area contributed by atoms with Gasteiger partial charge in [-0.15, -0.1) is 0 Å². The molecule has 0 saturated heterocycles. The van der Waals surface area contributed by atoms with E-state index >= 15 is 0 Å². The van der Waals surface area contributed by atoms with Crippen LogP contribution in [-0.2, 0) is 4.57 Å². The molecule has 0 aliphatic rings. The number of aliphatic hydroxyl groups is 1. The van der Waals surface area contributed by atoms with Crippen molar-refractivity contribution in [3.05, 3.63) is 0 Å².